The largest absolute Gasteiger partial charge is 0.383 e. The second-order valence-corrected chi connectivity index (χ2v) is 4.44. The number of nitrogens with one attached hydrogen (secondary N) is 2. The molecule has 1 aromatic heterocycles. The smallest absolute Gasteiger partial charge is 0.320 e. The SMILES string of the molecule is COC[C@@H](C)NC(=O)Nc1ccn(-c2ccccc2)n1. The van der Waals surface area contributed by atoms with Crippen molar-refractivity contribution in [3.05, 3.63) is 42.6 Å². The zero-order chi connectivity index (χ0) is 14.4. The highest BCUT2D eigenvalue weighted by Gasteiger charge is 2.08. The van der Waals surface area contributed by atoms with Gasteiger partial charge in [-0.25, -0.2) is 9.48 Å². The molecule has 0 aliphatic rings. The number of nitrogens with zero attached hydrogens (tertiary/aromatic N) is 2. The Hall–Kier alpha value is -2.34. The van der Waals surface area contributed by atoms with Crippen LogP contribution in [0.1, 0.15) is 6.92 Å². The van der Waals surface area contributed by atoms with Crippen LogP contribution >= 0.6 is 0 Å². The predicted molar refractivity (Wildman–Crippen MR) is 77.1 cm³/mol. The van der Waals surface area contributed by atoms with Crippen molar-refractivity contribution in [3.63, 3.8) is 0 Å². The van der Waals surface area contributed by atoms with Crippen LogP contribution in [0, 0.1) is 0 Å². The van der Waals surface area contributed by atoms with Crippen molar-refractivity contribution in [2.45, 2.75) is 13.0 Å². The maximum absolute atomic E-state index is 11.7. The summed E-state index contributed by atoms with van der Waals surface area (Å²) in [5, 5.41) is 9.73. The van der Waals surface area contributed by atoms with Gasteiger partial charge in [-0.2, -0.15) is 0 Å². The molecule has 1 heterocycles. The monoisotopic (exact) mass is 274 g/mol. The Morgan fingerprint density at radius 2 is 2.10 bits per heavy atom. The van der Waals surface area contributed by atoms with E-state index in [4.69, 9.17) is 4.74 Å². The molecule has 0 aliphatic carbocycles. The van der Waals surface area contributed by atoms with Crippen molar-refractivity contribution in [1.82, 2.24) is 15.1 Å². The first-order valence-electron chi connectivity index (χ1n) is 6.36. The van der Waals surface area contributed by atoms with Gasteiger partial charge in [-0.3, -0.25) is 5.32 Å². The second-order valence-electron chi connectivity index (χ2n) is 4.44. The molecule has 2 rings (SSSR count). The van der Waals surface area contributed by atoms with Gasteiger partial charge in [0.15, 0.2) is 5.82 Å². The van der Waals surface area contributed by atoms with Crippen LogP contribution in [0.4, 0.5) is 10.6 Å². The second kappa shape index (κ2) is 6.72. The van der Waals surface area contributed by atoms with Gasteiger partial charge in [0.2, 0.25) is 0 Å². The lowest BCUT2D eigenvalue weighted by Crippen LogP contribution is -2.38. The van der Waals surface area contributed by atoms with Crippen molar-refractivity contribution in [2.75, 3.05) is 19.0 Å². The summed E-state index contributed by atoms with van der Waals surface area (Å²) >= 11 is 0. The standard InChI is InChI=1S/C14H18N4O2/c1-11(10-20-2)15-14(19)16-13-8-9-18(17-13)12-6-4-3-5-7-12/h3-9,11H,10H2,1-2H3,(H2,15,16,17,19)/t11-/m1/s1. The van der Waals surface area contributed by atoms with Crippen molar-refractivity contribution >= 4 is 11.8 Å². The molecule has 106 valence electrons. The predicted octanol–water partition coefficient (Wildman–Crippen LogP) is 2.03. The van der Waals surface area contributed by atoms with E-state index in [0.29, 0.717) is 12.4 Å². The number of benzene rings is 1. The van der Waals surface area contributed by atoms with Crippen molar-refractivity contribution in [1.29, 1.82) is 0 Å². The van der Waals surface area contributed by atoms with Crippen molar-refractivity contribution < 1.29 is 9.53 Å². The van der Waals surface area contributed by atoms with E-state index in [9.17, 15) is 4.79 Å². The Balaban J connectivity index is 1.95. The molecule has 6 nitrogen and oxygen atoms in total. The summed E-state index contributed by atoms with van der Waals surface area (Å²) in [7, 11) is 1.59. The molecule has 0 aliphatic heterocycles. The zero-order valence-electron chi connectivity index (χ0n) is 11.5. The first kappa shape index (κ1) is 14.1. The molecular weight excluding hydrogens is 256 g/mol. The molecule has 0 unspecified atom stereocenters. The van der Waals surface area contributed by atoms with Crippen LogP contribution in [0.15, 0.2) is 42.6 Å². The van der Waals surface area contributed by atoms with Gasteiger partial charge in [-0.05, 0) is 19.1 Å². The van der Waals surface area contributed by atoms with E-state index < -0.39 is 0 Å². The highest BCUT2D eigenvalue weighted by Crippen LogP contribution is 2.09. The highest BCUT2D eigenvalue weighted by atomic mass is 16.5. The van der Waals surface area contributed by atoms with Crippen molar-refractivity contribution in [3.8, 4) is 5.69 Å². The number of para-hydroxylation sites is 1. The van der Waals surface area contributed by atoms with E-state index in [0.717, 1.165) is 5.69 Å². The minimum atomic E-state index is -0.298. The van der Waals surface area contributed by atoms with E-state index in [1.54, 1.807) is 24.1 Å². The number of carbonyl (C=O) groups is 1. The number of urea groups is 1. The number of ether oxygens (including phenoxy) is 1. The van der Waals surface area contributed by atoms with E-state index >= 15 is 0 Å². The van der Waals surface area contributed by atoms with Gasteiger partial charge in [-0.15, -0.1) is 5.10 Å². The molecule has 0 saturated heterocycles. The third-order valence-electron chi connectivity index (χ3n) is 2.65. The molecule has 20 heavy (non-hydrogen) atoms. The fraction of sp³-hybridized carbons (Fsp3) is 0.286. The van der Waals surface area contributed by atoms with Gasteiger partial charge in [0.1, 0.15) is 0 Å². The van der Waals surface area contributed by atoms with Gasteiger partial charge in [-0.1, -0.05) is 18.2 Å². The quantitative estimate of drug-likeness (QED) is 0.876. The molecule has 0 bridgehead atoms. The topological polar surface area (TPSA) is 68.2 Å². The molecular formula is C14H18N4O2. The summed E-state index contributed by atoms with van der Waals surface area (Å²) in [5.41, 5.74) is 0.939. The maximum Gasteiger partial charge on any atom is 0.320 e. The van der Waals surface area contributed by atoms with Crippen LogP contribution in [-0.4, -0.2) is 35.6 Å². The Kier molecular flexibility index (Phi) is 4.73. The van der Waals surface area contributed by atoms with E-state index in [1.165, 1.54) is 0 Å². The van der Waals surface area contributed by atoms with Crippen LogP contribution in [0.25, 0.3) is 5.69 Å². The average molecular weight is 274 g/mol. The molecule has 0 spiro atoms. The maximum atomic E-state index is 11.7. The van der Waals surface area contributed by atoms with Crippen LogP contribution in [0.3, 0.4) is 0 Å². The third-order valence-corrected chi connectivity index (χ3v) is 2.65. The Bertz CT molecular complexity index is 553. The minimum Gasteiger partial charge on any atom is -0.383 e. The Labute approximate surface area is 117 Å². The molecule has 1 atom stereocenters. The lowest BCUT2D eigenvalue weighted by Gasteiger charge is -2.12. The summed E-state index contributed by atoms with van der Waals surface area (Å²) in [6.07, 6.45) is 1.80. The Morgan fingerprint density at radius 3 is 2.80 bits per heavy atom. The summed E-state index contributed by atoms with van der Waals surface area (Å²) < 4.78 is 6.66. The normalized spacial score (nSPS) is 11.9. The first-order valence-corrected chi connectivity index (χ1v) is 6.36. The third kappa shape index (κ3) is 3.83. The van der Waals surface area contributed by atoms with Gasteiger partial charge in [0, 0.05) is 19.4 Å². The minimum absolute atomic E-state index is 0.0591. The van der Waals surface area contributed by atoms with E-state index in [2.05, 4.69) is 15.7 Å². The molecule has 0 fully saturated rings. The summed E-state index contributed by atoms with van der Waals surface area (Å²) in [6, 6.07) is 11.1. The summed E-state index contributed by atoms with van der Waals surface area (Å²) in [6.45, 7) is 2.33. The highest BCUT2D eigenvalue weighted by molar-refractivity contribution is 5.88. The number of rotatable bonds is 5. The summed E-state index contributed by atoms with van der Waals surface area (Å²) in [5.74, 6) is 0.496. The van der Waals surface area contributed by atoms with Gasteiger partial charge < -0.3 is 10.1 Å². The van der Waals surface area contributed by atoms with Gasteiger partial charge in [0.05, 0.1) is 18.3 Å². The number of carbonyl (C=O) groups excluding carboxylic acids is 1. The van der Waals surface area contributed by atoms with Crippen LogP contribution < -0.4 is 10.6 Å². The number of aromatic nitrogens is 2. The molecule has 2 amide bonds. The van der Waals surface area contributed by atoms with Gasteiger partial charge >= 0.3 is 6.03 Å². The van der Waals surface area contributed by atoms with Crippen LogP contribution in [-0.2, 0) is 4.74 Å². The van der Waals surface area contributed by atoms with Crippen LogP contribution in [0.5, 0.6) is 0 Å². The number of methoxy groups -OCH3 is 1. The van der Waals surface area contributed by atoms with Gasteiger partial charge in [0.25, 0.3) is 0 Å². The first-order chi connectivity index (χ1) is 9.69. The lowest BCUT2D eigenvalue weighted by atomic mass is 10.3. The molecule has 6 heteroatoms. The molecule has 2 aromatic rings. The van der Waals surface area contributed by atoms with E-state index in [-0.39, 0.29) is 12.1 Å². The molecule has 0 saturated carbocycles. The fourth-order valence-corrected chi connectivity index (χ4v) is 1.78. The molecule has 1 aromatic carbocycles. The van der Waals surface area contributed by atoms with Crippen molar-refractivity contribution in [2.24, 2.45) is 0 Å². The number of hydrogen-bond acceptors (Lipinski definition) is 3. The molecule has 0 radical (unpaired) electrons. The number of anilines is 1. The molecule has 2 N–H and O–H groups in total. The number of amides is 2. The fourth-order valence-electron chi connectivity index (χ4n) is 1.78. The Morgan fingerprint density at radius 1 is 1.35 bits per heavy atom. The number of hydrogen-bond donors (Lipinski definition) is 2. The summed E-state index contributed by atoms with van der Waals surface area (Å²) in [4.78, 5) is 11.7. The van der Waals surface area contributed by atoms with E-state index in [1.807, 2.05) is 37.3 Å². The average Bonchev–Trinajstić information content (AvgIpc) is 2.88. The zero-order valence-corrected chi connectivity index (χ0v) is 11.5. The lowest BCUT2D eigenvalue weighted by molar-refractivity contribution is 0.173. The van der Waals surface area contributed by atoms with Crippen LogP contribution in [0.2, 0.25) is 0 Å².